The molecule has 1 N–H and O–H groups in total. The molecule has 184 valence electrons. The number of carbonyl (C=O) groups excluding carboxylic acids is 2. The zero-order valence-corrected chi connectivity index (χ0v) is 19.7. The molecule has 1 unspecified atom stereocenters. The molecule has 1 heterocycles. The number of anilines is 3. The van der Waals surface area contributed by atoms with E-state index in [9.17, 15) is 19.7 Å². The fourth-order valence-electron chi connectivity index (χ4n) is 4.30. The second-order valence-electron chi connectivity index (χ2n) is 8.62. The molecule has 0 bridgehead atoms. The van der Waals surface area contributed by atoms with Crippen LogP contribution in [0.2, 0.25) is 0 Å². The topological polar surface area (TPSA) is 102 Å². The van der Waals surface area contributed by atoms with Gasteiger partial charge in [-0.1, -0.05) is 60.7 Å². The number of nitro benzene ring substituents is 1. The highest BCUT2D eigenvalue weighted by Crippen LogP contribution is 2.37. The Labute approximate surface area is 213 Å². The summed E-state index contributed by atoms with van der Waals surface area (Å²) in [6.45, 7) is 0.430. The fourth-order valence-corrected chi connectivity index (χ4v) is 4.30. The molecule has 0 aliphatic carbocycles. The maximum atomic E-state index is 13.1. The Morgan fingerprint density at radius 3 is 2.24 bits per heavy atom. The molecule has 8 heteroatoms. The second kappa shape index (κ2) is 10.3. The number of amides is 2. The van der Waals surface area contributed by atoms with E-state index in [0.717, 1.165) is 16.0 Å². The molecule has 0 saturated carbocycles. The first kappa shape index (κ1) is 23.7. The molecule has 2 amide bonds. The molecule has 5 rings (SSSR count). The summed E-state index contributed by atoms with van der Waals surface area (Å²) >= 11 is 0. The molecule has 4 aromatic rings. The quantitative estimate of drug-likeness (QED) is 0.184. The number of nitrogens with zero attached hydrogens (tertiary/aromatic N) is 2. The Morgan fingerprint density at radius 2 is 1.57 bits per heavy atom. The number of carbonyl (C=O) groups is 2. The highest BCUT2D eigenvalue weighted by molar-refractivity contribution is 6.22. The van der Waals surface area contributed by atoms with Gasteiger partial charge in [0.25, 0.3) is 5.69 Å². The van der Waals surface area contributed by atoms with Gasteiger partial charge in [-0.15, -0.1) is 0 Å². The average Bonchev–Trinajstić information content (AvgIpc) is 3.23. The summed E-state index contributed by atoms with van der Waals surface area (Å²) in [5.41, 5.74) is 2.59. The Kier molecular flexibility index (Phi) is 6.63. The normalized spacial score (nSPS) is 15.0. The third-order valence-electron chi connectivity index (χ3n) is 6.17. The summed E-state index contributed by atoms with van der Waals surface area (Å²) in [6, 6.07) is 30.2. The van der Waals surface area contributed by atoms with E-state index in [1.807, 2.05) is 48.5 Å². The SMILES string of the molecule is O=C1CC(c2ccccc2)C(=O)N1c1ccc(Nc2ccc(OCc3ccccc3)cc2)c([N+](=O)[O-])c1. The molecule has 0 spiro atoms. The van der Waals surface area contributed by atoms with Crippen LogP contribution in [-0.2, 0) is 16.2 Å². The van der Waals surface area contributed by atoms with Crippen molar-refractivity contribution in [3.05, 3.63) is 124 Å². The van der Waals surface area contributed by atoms with E-state index >= 15 is 0 Å². The van der Waals surface area contributed by atoms with Gasteiger partial charge in [-0.3, -0.25) is 19.7 Å². The van der Waals surface area contributed by atoms with E-state index in [-0.39, 0.29) is 29.4 Å². The van der Waals surface area contributed by atoms with Crippen LogP contribution in [0.25, 0.3) is 0 Å². The van der Waals surface area contributed by atoms with Crippen LogP contribution in [0.15, 0.2) is 103 Å². The Morgan fingerprint density at radius 1 is 0.892 bits per heavy atom. The number of hydrogen-bond donors (Lipinski definition) is 1. The molecular formula is C29H23N3O5. The highest BCUT2D eigenvalue weighted by Gasteiger charge is 2.40. The zero-order valence-electron chi connectivity index (χ0n) is 19.7. The van der Waals surface area contributed by atoms with Crippen LogP contribution >= 0.6 is 0 Å². The van der Waals surface area contributed by atoms with Crippen LogP contribution in [0, 0.1) is 10.1 Å². The molecule has 4 aromatic carbocycles. The molecule has 1 atom stereocenters. The summed E-state index contributed by atoms with van der Waals surface area (Å²) in [6.07, 6.45) is 0.0232. The van der Waals surface area contributed by atoms with Gasteiger partial charge in [0.2, 0.25) is 11.8 Å². The van der Waals surface area contributed by atoms with Gasteiger partial charge in [0, 0.05) is 18.2 Å². The first-order chi connectivity index (χ1) is 18.0. The van der Waals surface area contributed by atoms with E-state index in [4.69, 9.17) is 4.74 Å². The van der Waals surface area contributed by atoms with Crippen molar-refractivity contribution in [3.8, 4) is 5.75 Å². The van der Waals surface area contributed by atoms with Crippen LogP contribution in [-0.4, -0.2) is 16.7 Å². The largest absolute Gasteiger partial charge is 0.489 e. The molecule has 1 fully saturated rings. The molecule has 1 saturated heterocycles. The minimum atomic E-state index is -0.604. The number of hydrogen-bond acceptors (Lipinski definition) is 6. The monoisotopic (exact) mass is 493 g/mol. The smallest absolute Gasteiger partial charge is 0.294 e. The third-order valence-corrected chi connectivity index (χ3v) is 6.17. The van der Waals surface area contributed by atoms with Gasteiger partial charge in [-0.05, 0) is 47.5 Å². The molecule has 8 nitrogen and oxygen atoms in total. The van der Waals surface area contributed by atoms with Gasteiger partial charge in [0.1, 0.15) is 18.0 Å². The standard InChI is InChI=1S/C29H23N3O5/c33-28-18-25(21-9-5-2-6-10-21)29(34)31(28)23-13-16-26(27(17-23)32(35)36)30-22-11-14-24(15-12-22)37-19-20-7-3-1-4-8-20/h1-17,25,30H,18-19H2. The van der Waals surface area contributed by atoms with E-state index in [2.05, 4.69) is 5.32 Å². The third kappa shape index (κ3) is 5.18. The van der Waals surface area contributed by atoms with Crippen LogP contribution in [0.5, 0.6) is 5.75 Å². The van der Waals surface area contributed by atoms with E-state index in [1.54, 1.807) is 36.4 Å². The Balaban J connectivity index is 1.32. The maximum absolute atomic E-state index is 13.1. The number of rotatable bonds is 8. The predicted molar refractivity (Wildman–Crippen MR) is 140 cm³/mol. The molecular weight excluding hydrogens is 470 g/mol. The molecule has 37 heavy (non-hydrogen) atoms. The zero-order chi connectivity index (χ0) is 25.8. The lowest BCUT2D eigenvalue weighted by Crippen LogP contribution is -2.30. The number of benzene rings is 4. The van der Waals surface area contributed by atoms with Crippen molar-refractivity contribution < 1.29 is 19.2 Å². The highest BCUT2D eigenvalue weighted by atomic mass is 16.6. The van der Waals surface area contributed by atoms with Gasteiger partial charge in [-0.2, -0.15) is 0 Å². The van der Waals surface area contributed by atoms with Gasteiger partial charge in [0.05, 0.1) is 16.5 Å². The minimum Gasteiger partial charge on any atom is -0.489 e. The van der Waals surface area contributed by atoms with Gasteiger partial charge < -0.3 is 10.1 Å². The van der Waals surface area contributed by atoms with E-state index in [0.29, 0.717) is 18.0 Å². The maximum Gasteiger partial charge on any atom is 0.294 e. The summed E-state index contributed by atoms with van der Waals surface area (Å²) in [5.74, 6) is -0.719. The van der Waals surface area contributed by atoms with Crippen LogP contribution in [0.1, 0.15) is 23.5 Å². The predicted octanol–water partition coefficient (Wildman–Crippen LogP) is 5.96. The van der Waals surface area contributed by atoms with Crippen molar-refractivity contribution in [1.29, 1.82) is 0 Å². The first-order valence-corrected chi connectivity index (χ1v) is 11.7. The number of ether oxygens (including phenoxy) is 1. The Hall–Kier alpha value is -4.98. The average molecular weight is 494 g/mol. The lowest BCUT2D eigenvalue weighted by Gasteiger charge is -2.16. The summed E-state index contributed by atoms with van der Waals surface area (Å²) in [4.78, 5) is 38.1. The van der Waals surface area contributed by atoms with Crippen LogP contribution in [0.3, 0.4) is 0 Å². The second-order valence-corrected chi connectivity index (χ2v) is 8.62. The van der Waals surface area contributed by atoms with Gasteiger partial charge >= 0.3 is 0 Å². The van der Waals surface area contributed by atoms with Gasteiger partial charge in [0.15, 0.2) is 0 Å². The van der Waals surface area contributed by atoms with E-state index in [1.165, 1.54) is 18.2 Å². The van der Waals surface area contributed by atoms with Gasteiger partial charge in [-0.25, -0.2) is 4.90 Å². The van der Waals surface area contributed by atoms with Crippen molar-refractivity contribution in [2.24, 2.45) is 0 Å². The fraction of sp³-hybridized carbons (Fsp3) is 0.103. The first-order valence-electron chi connectivity index (χ1n) is 11.7. The number of nitrogens with one attached hydrogen (secondary N) is 1. The summed E-state index contributed by atoms with van der Waals surface area (Å²) < 4.78 is 5.79. The van der Waals surface area contributed by atoms with Crippen molar-refractivity contribution in [2.75, 3.05) is 10.2 Å². The molecule has 1 aliphatic heterocycles. The van der Waals surface area contributed by atoms with Crippen LogP contribution < -0.4 is 15.0 Å². The van der Waals surface area contributed by atoms with Crippen molar-refractivity contribution in [1.82, 2.24) is 0 Å². The molecule has 1 aliphatic rings. The molecule has 0 aromatic heterocycles. The van der Waals surface area contributed by atoms with Crippen molar-refractivity contribution in [3.63, 3.8) is 0 Å². The minimum absolute atomic E-state index is 0.0232. The van der Waals surface area contributed by atoms with E-state index < -0.39 is 16.7 Å². The lowest BCUT2D eigenvalue weighted by atomic mass is 9.98. The molecule has 0 radical (unpaired) electrons. The summed E-state index contributed by atoms with van der Waals surface area (Å²) in [7, 11) is 0. The Bertz CT molecular complexity index is 1440. The lowest BCUT2D eigenvalue weighted by molar-refractivity contribution is -0.383. The number of nitro groups is 1. The number of imide groups is 1. The van der Waals surface area contributed by atoms with Crippen molar-refractivity contribution >= 4 is 34.6 Å². The van der Waals surface area contributed by atoms with Crippen LogP contribution in [0.4, 0.5) is 22.7 Å². The summed E-state index contributed by atoms with van der Waals surface area (Å²) in [5, 5.41) is 14.9. The van der Waals surface area contributed by atoms with Crippen molar-refractivity contribution in [2.45, 2.75) is 18.9 Å².